The Kier molecular flexibility index (Phi) is 4.60. The number of amides is 2. The fourth-order valence-electron chi connectivity index (χ4n) is 3.00. The molecule has 1 aliphatic heterocycles. The first-order valence-corrected chi connectivity index (χ1v) is 9.31. The minimum Gasteiger partial charge on any atom is -0.496 e. The lowest BCUT2D eigenvalue weighted by molar-refractivity contribution is -0.115. The molecule has 3 aromatic rings. The lowest BCUT2D eigenvalue weighted by Gasteiger charge is -2.07. The molecule has 2 heterocycles. The van der Waals surface area contributed by atoms with Gasteiger partial charge in [0.1, 0.15) is 10.8 Å². The molecule has 0 fully saturated rings. The number of para-hydroxylation sites is 1. The Morgan fingerprint density at radius 1 is 1.30 bits per heavy atom. The van der Waals surface area contributed by atoms with Crippen molar-refractivity contribution in [2.24, 2.45) is 0 Å². The second-order valence-corrected chi connectivity index (χ2v) is 7.05. The molecule has 1 aromatic heterocycles. The quantitative estimate of drug-likeness (QED) is 0.713. The van der Waals surface area contributed by atoms with Gasteiger partial charge in [-0.05, 0) is 29.8 Å². The minimum absolute atomic E-state index is 0.0140. The average molecular weight is 379 g/mol. The highest BCUT2D eigenvalue weighted by Crippen LogP contribution is 2.29. The van der Waals surface area contributed by atoms with Crippen molar-refractivity contribution in [1.82, 2.24) is 10.3 Å². The van der Waals surface area contributed by atoms with Crippen LogP contribution < -0.4 is 15.4 Å². The minimum atomic E-state index is -0.202. The van der Waals surface area contributed by atoms with E-state index < -0.39 is 0 Å². The van der Waals surface area contributed by atoms with E-state index in [2.05, 4.69) is 15.6 Å². The topological polar surface area (TPSA) is 80.3 Å². The summed E-state index contributed by atoms with van der Waals surface area (Å²) in [5, 5.41) is 8.46. The van der Waals surface area contributed by atoms with Crippen LogP contribution in [0.5, 0.6) is 5.75 Å². The normalized spacial score (nSPS) is 12.4. The molecule has 0 bridgehead atoms. The first-order valence-electron chi connectivity index (χ1n) is 8.43. The van der Waals surface area contributed by atoms with Gasteiger partial charge >= 0.3 is 0 Å². The largest absolute Gasteiger partial charge is 0.496 e. The van der Waals surface area contributed by atoms with Crippen LogP contribution in [0, 0.1) is 0 Å². The van der Waals surface area contributed by atoms with Crippen LogP contribution in [0.2, 0.25) is 0 Å². The molecule has 0 unspecified atom stereocenters. The van der Waals surface area contributed by atoms with Gasteiger partial charge in [0.15, 0.2) is 0 Å². The van der Waals surface area contributed by atoms with E-state index in [1.807, 2.05) is 29.6 Å². The molecule has 4 rings (SSSR count). The van der Waals surface area contributed by atoms with Crippen molar-refractivity contribution in [2.75, 3.05) is 12.4 Å². The van der Waals surface area contributed by atoms with E-state index in [0.717, 1.165) is 27.5 Å². The van der Waals surface area contributed by atoms with E-state index >= 15 is 0 Å². The number of nitrogens with one attached hydrogen (secondary N) is 2. The van der Waals surface area contributed by atoms with Crippen LogP contribution in [0.25, 0.3) is 11.3 Å². The predicted octanol–water partition coefficient (Wildman–Crippen LogP) is 3.24. The van der Waals surface area contributed by atoms with Crippen LogP contribution in [-0.2, 0) is 17.8 Å². The van der Waals surface area contributed by atoms with E-state index in [9.17, 15) is 9.59 Å². The molecule has 1 aliphatic rings. The maximum atomic E-state index is 12.4. The van der Waals surface area contributed by atoms with E-state index in [-0.39, 0.29) is 11.8 Å². The smallest absolute Gasteiger partial charge is 0.255 e. The number of carbonyl (C=O) groups excluding carboxylic acids is 2. The van der Waals surface area contributed by atoms with E-state index in [0.29, 0.717) is 24.3 Å². The van der Waals surface area contributed by atoms with Gasteiger partial charge in [-0.2, -0.15) is 0 Å². The Morgan fingerprint density at radius 2 is 2.15 bits per heavy atom. The van der Waals surface area contributed by atoms with Crippen LogP contribution in [-0.4, -0.2) is 23.9 Å². The molecule has 2 amide bonds. The van der Waals surface area contributed by atoms with Crippen LogP contribution in [0.3, 0.4) is 0 Å². The van der Waals surface area contributed by atoms with Crippen molar-refractivity contribution in [1.29, 1.82) is 0 Å². The second kappa shape index (κ2) is 7.20. The Hall–Kier alpha value is -3.19. The third kappa shape index (κ3) is 3.54. The van der Waals surface area contributed by atoms with Crippen molar-refractivity contribution in [3.8, 4) is 17.0 Å². The lowest BCUT2D eigenvalue weighted by atomic mass is 10.1. The third-order valence-electron chi connectivity index (χ3n) is 4.33. The van der Waals surface area contributed by atoms with Crippen LogP contribution >= 0.6 is 11.3 Å². The molecule has 2 N–H and O–H groups in total. The number of rotatable bonds is 5. The van der Waals surface area contributed by atoms with E-state index in [4.69, 9.17) is 4.74 Å². The molecule has 7 heteroatoms. The highest BCUT2D eigenvalue weighted by molar-refractivity contribution is 7.09. The summed E-state index contributed by atoms with van der Waals surface area (Å²) in [5.74, 6) is 0.350. The summed E-state index contributed by atoms with van der Waals surface area (Å²) >= 11 is 1.49. The second-order valence-electron chi connectivity index (χ2n) is 6.11. The molecule has 0 saturated carbocycles. The maximum Gasteiger partial charge on any atom is 0.255 e. The van der Waals surface area contributed by atoms with Gasteiger partial charge in [-0.1, -0.05) is 18.2 Å². The summed E-state index contributed by atoms with van der Waals surface area (Å²) < 4.78 is 5.22. The van der Waals surface area contributed by atoms with Crippen molar-refractivity contribution >= 4 is 28.8 Å². The molecular weight excluding hydrogens is 362 g/mol. The van der Waals surface area contributed by atoms with Crippen LogP contribution in [0.1, 0.15) is 20.9 Å². The highest BCUT2D eigenvalue weighted by atomic mass is 32.1. The molecule has 27 heavy (non-hydrogen) atoms. The number of methoxy groups -OCH3 is 1. The number of hydrogen-bond donors (Lipinski definition) is 2. The summed E-state index contributed by atoms with van der Waals surface area (Å²) in [6.45, 7) is 0.340. The fraction of sp³-hybridized carbons (Fsp3) is 0.150. The fourth-order valence-corrected chi connectivity index (χ4v) is 3.74. The van der Waals surface area contributed by atoms with Gasteiger partial charge in [-0.15, -0.1) is 11.3 Å². The monoisotopic (exact) mass is 379 g/mol. The predicted molar refractivity (Wildman–Crippen MR) is 104 cm³/mol. The summed E-state index contributed by atoms with van der Waals surface area (Å²) in [4.78, 5) is 28.5. The summed E-state index contributed by atoms with van der Waals surface area (Å²) in [6, 6.07) is 12.9. The molecule has 136 valence electrons. The zero-order valence-electron chi connectivity index (χ0n) is 14.6. The van der Waals surface area contributed by atoms with Gasteiger partial charge in [-0.3, -0.25) is 9.59 Å². The highest BCUT2D eigenvalue weighted by Gasteiger charge is 2.18. The van der Waals surface area contributed by atoms with Gasteiger partial charge in [-0.25, -0.2) is 4.98 Å². The first-order chi connectivity index (χ1) is 13.1. The molecule has 0 aliphatic carbocycles. The number of nitrogens with zero attached hydrogens (tertiary/aromatic N) is 1. The van der Waals surface area contributed by atoms with Crippen LogP contribution in [0.15, 0.2) is 47.8 Å². The number of anilines is 1. The third-order valence-corrected chi connectivity index (χ3v) is 5.18. The number of fused-ring (bicyclic) bond motifs is 1. The number of ether oxygens (including phenoxy) is 1. The van der Waals surface area contributed by atoms with Gasteiger partial charge in [0.05, 0.1) is 31.3 Å². The van der Waals surface area contributed by atoms with Crippen molar-refractivity contribution in [3.63, 3.8) is 0 Å². The summed E-state index contributed by atoms with van der Waals surface area (Å²) in [5.41, 5.74) is 4.14. The molecule has 0 radical (unpaired) electrons. The molecule has 0 spiro atoms. The number of hydrogen-bond acceptors (Lipinski definition) is 5. The SMILES string of the molecule is COc1ccccc1C(=O)NCc1nc(-c2ccc3c(c2)CC(=O)N3)cs1. The van der Waals surface area contributed by atoms with Gasteiger partial charge < -0.3 is 15.4 Å². The Labute approximate surface area is 160 Å². The molecule has 0 atom stereocenters. The van der Waals surface area contributed by atoms with Crippen LogP contribution in [0.4, 0.5) is 5.69 Å². The Bertz CT molecular complexity index is 1030. The van der Waals surface area contributed by atoms with Crippen molar-refractivity contribution < 1.29 is 14.3 Å². The zero-order chi connectivity index (χ0) is 18.8. The van der Waals surface area contributed by atoms with Gasteiger partial charge in [0.25, 0.3) is 5.91 Å². The summed E-state index contributed by atoms with van der Waals surface area (Å²) in [6.07, 6.45) is 0.398. The average Bonchev–Trinajstić information content (AvgIpc) is 3.30. The van der Waals surface area contributed by atoms with E-state index in [1.54, 1.807) is 25.3 Å². The number of thiazole rings is 1. The Morgan fingerprint density at radius 3 is 3.00 bits per heavy atom. The standard InChI is InChI=1S/C20H17N3O3S/c1-26-17-5-3-2-4-14(17)20(25)21-10-19-23-16(11-27-19)12-6-7-15-13(8-12)9-18(24)22-15/h2-8,11H,9-10H2,1H3,(H,21,25)(H,22,24). The number of aromatic nitrogens is 1. The van der Waals surface area contributed by atoms with Crippen molar-refractivity contribution in [3.05, 3.63) is 64.0 Å². The molecule has 2 aromatic carbocycles. The summed E-state index contributed by atoms with van der Waals surface area (Å²) in [7, 11) is 1.54. The van der Waals surface area contributed by atoms with Crippen molar-refractivity contribution in [2.45, 2.75) is 13.0 Å². The van der Waals surface area contributed by atoms with E-state index in [1.165, 1.54) is 11.3 Å². The van der Waals surface area contributed by atoms with Gasteiger partial charge in [0, 0.05) is 16.6 Å². The zero-order valence-corrected chi connectivity index (χ0v) is 15.4. The number of benzene rings is 2. The molecule has 0 saturated heterocycles. The lowest BCUT2D eigenvalue weighted by Crippen LogP contribution is -2.23. The first kappa shape index (κ1) is 17.2. The molecular formula is C20H17N3O3S. The van der Waals surface area contributed by atoms with Gasteiger partial charge in [0.2, 0.25) is 5.91 Å². The number of carbonyl (C=O) groups is 2. The maximum absolute atomic E-state index is 12.4. The Balaban J connectivity index is 1.45. The molecule has 6 nitrogen and oxygen atoms in total.